The van der Waals surface area contributed by atoms with Crippen molar-refractivity contribution in [2.45, 2.75) is 13.8 Å². The van der Waals surface area contributed by atoms with Crippen LogP contribution in [0.4, 0.5) is 0 Å². The van der Waals surface area contributed by atoms with Crippen molar-refractivity contribution in [3.05, 3.63) is 20.9 Å². The summed E-state index contributed by atoms with van der Waals surface area (Å²) in [7, 11) is 1.28. The van der Waals surface area contributed by atoms with Crippen molar-refractivity contribution in [2.24, 2.45) is 0 Å². The average molecular weight is 214 g/mol. The molecular weight excluding hydrogens is 204 g/mol. The van der Waals surface area contributed by atoms with Crippen LogP contribution in [0.3, 0.4) is 0 Å². The quantitative estimate of drug-likeness (QED) is 0.763. The average Bonchev–Trinajstić information content (AvgIpc) is 2.43. The summed E-state index contributed by atoms with van der Waals surface area (Å²) in [6.07, 6.45) is 0. The van der Waals surface area contributed by atoms with E-state index >= 15 is 0 Å². The molecule has 76 valence electrons. The minimum absolute atomic E-state index is 0.197. The number of esters is 1. The predicted octanol–water partition coefficient (Wildman–Crippen LogP) is 1.85. The van der Waals surface area contributed by atoms with Crippen LogP contribution in [0.5, 0.6) is 0 Å². The Hall–Kier alpha value is -1.36. The molecule has 0 amide bonds. The van der Waals surface area contributed by atoms with E-state index in [-0.39, 0.29) is 4.88 Å². The number of carboxylic acid groups (broad SMARTS) is 1. The second-order valence-electron chi connectivity index (χ2n) is 2.81. The lowest BCUT2D eigenvalue weighted by atomic mass is 10.1. The van der Waals surface area contributed by atoms with Gasteiger partial charge < -0.3 is 9.84 Å². The number of hydrogen-bond acceptors (Lipinski definition) is 4. The summed E-state index contributed by atoms with van der Waals surface area (Å²) in [4.78, 5) is 22.5. The summed E-state index contributed by atoms with van der Waals surface area (Å²) in [5.41, 5.74) is 1.31. The molecule has 4 nitrogen and oxygen atoms in total. The Kier molecular flexibility index (Phi) is 2.90. The lowest BCUT2D eigenvalue weighted by molar-refractivity contribution is 0.0605. The first-order valence-electron chi connectivity index (χ1n) is 3.90. The normalized spacial score (nSPS) is 9.93. The molecule has 0 fully saturated rings. The van der Waals surface area contributed by atoms with Crippen LogP contribution < -0.4 is 0 Å². The van der Waals surface area contributed by atoms with Gasteiger partial charge in [-0.05, 0) is 25.0 Å². The van der Waals surface area contributed by atoms with Gasteiger partial charge in [-0.3, -0.25) is 0 Å². The number of rotatable bonds is 2. The fraction of sp³-hybridized carbons (Fsp3) is 0.333. The maximum absolute atomic E-state index is 11.2. The lowest BCUT2D eigenvalue weighted by Gasteiger charge is -1.95. The van der Waals surface area contributed by atoms with Crippen LogP contribution in [0, 0.1) is 13.8 Å². The van der Waals surface area contributed by atoms with Gasteiger partial charge in [-0.15, -0.1) is 11.3 Å². The Labute approximate surface area is 85.1 Å². The highest BCUT2D eigenvalue weighted by Gasteiger charge is 2.21. The number of hydrogen-bond donors (Lipinski definition) is 1. The molecular formula is C9H10O4S. The van der Waals surface area contributed by atoms with E-state index < -0.39 is 11.9 Å². The second-order valence-corrected chi connectivity index (χ2v) is 3.83. The molecule has 0 aliphatic rings. The molecule has 0 aliphatic heterocycles. The highest BCUT2D eigenvalue weighted by molar-refractivity contribution is 7.16. The molecule has 0 saturated carbocycles. The van der Waals surface area contributed by atoms with Crippen LogP contribution in [0.2, 0.25) is 0 Å². The number of ether oxygens (including phenoxy) is 1. The van der Waals surface area contributed by atoms with Gasteiger partial charge in [0, 0.05) is 0 Å². The number of aromatic carboxylic acids is 1. The molecule has 1 aromatic heterocycles. The van der Waals surface area contributed by atoms with Crippen molar-refractivity contribution in [2.75, 3.05) is 7.11 Å². The van der Waals surface area contributed by atoms with Gasteiger partial charge in [0.15, 0.2) is 0 Å². The Morgan fingerprint density at radius 2 is 1.71 bits per heavy atom. The number of carbonyl (C=O) groups excluding carboxylic acids is 1. The standard InChI is InChI=1S/C9H10O4S/c1-4-5(2)7(9(12)13-3)14-6(4)8(10)11/h1-3H3,(H,10,11). The van der Waals surface area contributed by atoms with Crippen LogP contribution in [-0.4, -0.2) is 24.2 Å². The number of thiophene rings is 1. The fourth-order valence-electron chi connectivity index (χ4n) is 1.09. The smallest absolute Gasteiger partial charge is 0.348 e. The van der Waals surface area contributed by atoms with Crippen molar-refractivity contribution in [1.82, 2.24) is 0 Å². The number of methoxy groups -OCH3 is 1. The van der Waals surface area contributed by atoms with Crippen molar-refractivity contribution >= 4 is 23.3 Å². The van der Waals surface area contributed by atoms with Gasteiger partial charge >= 0.3 is 11.9 Å². The van der Waals surface area contributed by atoms with Crippen LogP contribution in [0.1, 0.15) is 30.5 Å². The SMILES string of the molecule is COC(=O)c1sc(C(=O)O)c(C)c1C. The summed E-state index contributed by atoms with van der Waals surface area (Å²) < 4.78 is 4.54. The maximum Gasteiger partial charge on any atom is 0.348 e. The summed E-state index contributed by atoms with van der Waals surface area (Å²) in [5, 5.41) is 8.82. The first-order valence-corrected chi connectivity index (χ1v) is 4.72. The van der Waals surface area contributed by atoms with E-state index in [2.05, 4.69) is 4.74 Å². The zero-order chi connectivity index (χ0) is 10.9. The molecule has 1 N–H and O–H groups in total. The molecule has 0 aliphatic carbocycles. The highest BCUT2D eigenvalue weighted by Crippen LogP contribution is 2.27. The van der Waals surface area contributed by atoms with E-state index in [1.165, 1.54) is 7.11 Å². The lowest BCUT2D eigenvalue weighted by Crippen LogP contribution is -1.99. The number of carboxylic acids is 1. The van der Waals surface area contributed by atoms with Crippen molar-refractivity contribution < 1.29 is 19.4 Å². The van der Waals surface area contributed by atoms with Crippen molar-refractivity contribution in [1.29, 1.82) is 0 Å². The molecule has 1 heterocycles. The highest BCUT2D eigenvalue weighted by atomic mass is 32.1. The predicted molar refractivity (Wildman–Crippen MR) is 52.1 cm³/mol. The molecule has 0 unspecified atom stereocenters. The van der Waals surface area contributed by atoms with Gasteiger partial charge in [0.25, 0.3) is 0 Å². The zero-order valence-electron chi connectivity index (χ0n) is 8.08. The number of carbonyl (C=O) groups is 2. The maximum atomic E-state index is 11.2. The van der Waals surface area contributed by atoms with E-state index in [0.717, 1.165) is 11.3 Å². The largest absolute Gasteiger partial charge is 0.477 e. The van der Waals surface area contributed by atoms with Gasteiger partial charge in [0.2, 0.25) is 0 Å². The minimum atomic E-state index is -1.01. The molecule has 0 aromatic carbocycles. The first kappa shape index (κ1) is 10.7. The monoisotopic (exact) mass is 214 g/mol. The van der Waals surface area contributed by atoms with E-state index in [9.17, 15) is 9.59 Å². The summed E-state index contributed by atoms with van der Waals surface area (Å²) in [5.74, 6) is -1.49. The molecule has 0 spiro atoms. The molecule has 0 atom stereocenters. The Bertz CT molecular complexity index is 392. The Morgan fingerprint density at radius 3 is 2.07 bits per heavy atom. The van der Waals surface area contributed by atoms with E-state index in [1.807, 2.05) is 0 Å². The molecule has 1 aromatic rings. The van der Waals surface area contributed by atoms with Gasteiger partial charge in [0.1, 0.15) is 9.75 Å². The molecule has 1 rings (SSSR count). The molecule has 0 radical (unpaired) electrons. The molecule has 0 bridgehead atoms. The fourth-order valence-corrected chi connectivity index (χ4v) is 2.16. The van der Waals surface area contributed by atoms with E-state index in [0.29, 0.717) is 16.0 Å². The van der Waals surface area contributed by atoms with Gasteiger partial charge in [0.05, 0.1) is 7.11 Å². The van der Waals surface area contributed by atoms with Crippen LogP contribution in [0.15, 0.2) is 0 Å². The van der Waals surface area contributed by atoms with E-state index in [1.54, 1.807) is 13.8 Å². The van der Waals surface area contributed by atoms with E-state index in [4.69, 9.17) is 5.11 Å². The zero-order valence-corrected chi connectivity index (χ0v) is 8.90. The first-order chi connectivity index (χ1) is 6.49. The minimum Gasteiger partial charge on any atom is -0.477 e. The third-order valence-electron chi connectivity index (χ3n) is 2.01. The summed E-state index contributed by atoms with van der Waals surface area (Å²) in [6.45, 7) is 3.40. The van der Waals surface area contributed by atoms with Crippen LogP contribution >= 0.6 is 11.3 Å². The Balaban J connectivity index is 3.28. The Morgan fingerprint density at radius 1 is 1.21 bits per heavy atom. The molecule has 5 heteroatoms. The second kappa shape index (κ2) is 3.79. The third-order valence-corrected chi connectivity index (χ3v) is 3.37. The van der Waals surface area contributed by atoms with Gasteiger partial charge in [-0.1, -0.05) is 0 Å². The molecule has 14 heavy (non-hydrogen) atoms. The van der Waals surface area contributed by atoms with Crippen LogP contribution in [0.25, 0.3) is 0 Å². The van der Waals surface area contributed by atoms with Gasteiger partial charge in [-0.2, -0.15) is 0 Å². The van der Waals surface area contributed by atoms with Crippen molar-refractivity contribution in [3.63, 3.8) is 0 Å². The van der Waals surface area contributed by atoms with Gasteiger partial charge in [-0.25, -0.2) is 9.59 Å². The topological polar surface area (TPSA) is 63.6 Å². The third kappa shape index (κ3) is 1.63. The summed E-state index contributed by atoms with van der Waals surface area (Å²) >= 11 is 0.953. The molecule has 0 saturated heterocycles. The summed E-state index contributed by atoms with van der Waals surface area (Å²) in [6, 6.07) is 0. The van der Waals surface area contributed by atoms with Crippen LogP contribution in [-0.2, 0) is 4.74 Å². The van der Waals surface area contributed by atoms with Crippen molar-refractivity contribution in [3.8, 4) is 0 Å².